The largest absolute Gasteiger partial charge is 0.419 e. The van der Waals surface area contributed by atoms with Crippen LogP contribution in [0.4, 0.5) is 5.69 Å². The van der Waals surface area contributed by atoms with E-state index in [2.05, 4.69) is 44.5 Å². The lowest BCUT2D eigenvalue weighted by Gasteiger charge is -2.29. The second-order valence-electron chi connectivity index (χ2n) is 6.98. The third-order valence-electron chi connectivity index (χ3n) is 5.12. The number of aryl methyl sites for hydroxylation is 2. The number of rotatable bonds is 4. The van der Waals surface area contributed by atoms with Crippen molar-refractivity contribution in [2.24, 2.45) is 0 Å². The summed E-state index contributed by atoms with van der Waals surface area (Å²) >= 11 is 0. The molecule has 4 aromatic rings. The normalized spacial score (nSPS) is 13.5. The summed E-state index contributed by atoms with van der Waals surface area (Å²) in [6.45, 7) is 3.44. The van der Waals surface area contributed by atoms with Gasteiger partial charge in [0.05, 0.1) is 6.54 Å². The zero-order chi connectivity index (χ0) is 18.9. The Balaban J connectivity index is 1.45. The molecule has 1 aliphatic rings. The Morgan fingerprint density at radius 1 is 1.00 bits per heavy atom. The van der Waals surface area contributed by atoms with Crippen molar-refractivity contribution in [2.75, 3.05) is 11.4 Å². The number of aromatic nitrogens is 3. The number of hydrogen-bond donors (Lipinski definition) is 0. The molecule has 2 aromatic heterocycles. The highest BCUT2D eigenvalue weighted by atomic mass is 16.5. The standard InChI is InChI=1S/C22H20N4O2/c1-15-20(21(25-28-15)17-9-3-2-4-10-17)22-24-23-19(27-22)14-26-13-7-11-16-8-5-6-12-18(16)26/h2-6,8-10,12H,7,11,13-14H2,1H3. The number of para-hydroxylation sites is 1. The fourth-order valence-corrected chi connectivity index (χ4v) is 3.77. The van der Waals surface area contributed by atoms with Gasteiger partial charge in [-0.1, -0.05) is 53.7 Å². The van der Waals surface area contributed by atoms with E-state index in [4.69, 9.17) is 8.94 Å². The van der Waals surface area contributed by atoms with Crippen LogP contribution in [0.2, 0.25) is 0 Å². The van der Waals surface area contributed by atoms with Crippen LogP contribution >= 0.6 is 0 Å². The number of fused-ring (bicyclic) bond motifs is 1. The summed E-state index contributed by atoms with van der Waals surface area (Å²) < 4.78 is 11.4. The topological polar surface area (TPSA) is 68.2 Å². The van der Waals surface area contributed by atoms with Crippen molar-refractivity contribution in [1.82, 2.24) is 15.4 Å². The third kappa shape index (κ3) is 2.97. The van der Waals surface area contributed by atoms with Crippen molar-refractivity contribution >= 4 is 5.69 Å². The minimum Gasteiger partial charge on any atom is -0.419 e. The van der Waals surface area contributed by atoms with Crippen LogP contribution in [0.5, 0.6) is 0 Å². The van der Waals surface area contributed by atoms with E-state index in [1.54, 1.807) is 0 Å². The molecule has 0 aliphatic carbocycles. The first-order valence-corrected chi connectivity index (χ1v) is 9.47. The Hall–Kier alpha value is -3.41. The number of benzene rings is 2. The minimum atomic E-state index is 0.442. The summed E-state index contributed by atoms with van der Waals surface area (Å²) in [7, 11) is 0. The molecule has 0 atom stereocenters. The SMILES string of the molecule is Cc1onc(-c2ccccc2)c1-c1nnc(CN2CCCc3ccccc32)o1. The fraction of sp³-hybridized carbons (Fsp3) is 0.227. The van der Waals surface area contributed by atoms with E-state index in [1.165, 1.54) is 11.3 Å². The van der Waals surface area contributed by atoms with Crippen LogP contribution in [0.3, 0.4) is 0 Å². The molecular formula is C22H20N4O2. The summed E-state index contributed by atoms with van der Waals surface area (Å²) in [5.74, 6) is 1.70. The molecule has 2 aromatic carbocycles. The maximum Gasteiger partial charge on any atom is 0.253 e. The molecule has 6 heteroatoms. The Bertz CT molecular complexity index is 1100. The smallest absolute Gasteiger partial charge is 0.253 e. The van der Waals surface area contributed by atoms with Gasteiger partial charge in [0.15, 0.2) is 0 Å². The van der Waals surface area contributed by atoms with Gasteiger partial charge in [-0.2, -0.15) is 0 Å². The molecule has 3 heterocycles. The lowest BCUT2D eigenvalue weighted by Crippen LogP contribution is -2.28. The number of anilines is 1. The average molecular weight is 372 g/mol. The van der Waals surface area contributed by atoms with Crippen LogP contribution in [0, 0.1) is 6.92 Å². The highest BCUT2D eigenvalue weighted by Crippen LogP contribution is 2.34. The molecular weight excluding hydrogens is 352 g/mol. The van der Waals surface area contributed by atoms with Gasteiger partial charge in [-0.25, -0.2) is 0 Å². The Morgan fingerprint density at radius 2 is 1.82 bits per heavy atom. The van der Waals surface area contributed by atoms with Crippen molar-refractivity contribution in [3.8, 4) is 22.7 Å². The van der Waals surface area contributed by atoms with E-state index in [-0.39, 0.29) is 0 Å². The lowest BCUT2D eigenvalue weighted by molar-refractivity contribution is 0.399. The predicted molar refractivity (Wildman–Crippen MR) is 106 cm³/mol. The third-order valence-corrected chi connectivity index (χ3v) is 5.12. The maximum atomic E-state index is 6.02. The fourth-order valence-electron chi connectivity index (χ4n) is 3.77. The van der Waals surface area contributed by atoms with Crippen LogP contribution in [-0.2, 0) is 13.0 Å². The first kappa shape index (κ1) is 16.7. The average Bonchev–Trinajstić information content (AvgIpc) is 3.35. The monoisotopic (exact) mass is 372 g/mol. The highest BCUT2D eigenvalue weighted by Gasteiger charge is 2.23. The van der Waals surface area contributed by atoms with Crippen molar-refractivity contribution in [1.29, 1.82) is 0 Å². The van der Waals surface area contributed by atoms with Gasteiger partial charge in [0.25, 0.3) is 5.89 Å². The van der Waals surface area contributed by atoms with Crippen LogP contribution < -0.4 is 4.90 Å². The van der Waals surface area contributed by atoms with Crippen molar-refractivity contribution < 1.29 is 8.94 Å². The highest BCUT2D eigenvalue weighted by molar-refractivity contribution is 5.77. The Kier molecular flexibility index (Phi) is 4.16. The van der Waals surface area contributed by atoms with Gasteiger partial charge in [0.1, 0.15) is 17.0 Å². The minimum absolute atomic E-state index is 0.442. The van der Waals surface area contributed by atoms with Gasteiger partial charge in [-0.05, 0) is 31.4 Å². The van der Waals surface area contributed by atoms with Crippen molar-refractivity contribution in [3.63, 3.8) is 0 Å². The van der Waals surface area contributed by atoms with Gasteiger partial charge in [0, 0.05) is 17.8 Å². The van der Waals surface area contributed by atoms with Crippen LogP contribution in [0.1, 0.15) is 23.6 Å². The summed E-state index contributed by atoms with van der Waals surface area (Å²) in [6.07, 6.45) is 2.24. The zero-order valence-corrected chi connectivity index (χ0v) is 15.6. The molecule has 0 radical (unpaired) electrons. The van der Waals surface area contributed by atoms with Crippen molar-refractivity contribution in [2.45, 2.75) is 26.3 Å². The van der Waals surface area contributed by atoms with E-state index in [9.17, 15) is 0 Å². The van der Waals surface area contributed by atoms with Gasteiger partial charge in [0.2, 0.25) is 5.89 Å². The molecule has 0 unspecified atom stereocenters. The second kappa shape index (κ2) is 6.96. The number of nitrogens with zero attached hydrogens (tertiary/aromatic N) is 4. The maximum absolute atomic E-state index is 6.02. The number of hydrogen-bond acceptors (Lipinski definition) is 6. The van der Waals surface area contributed by atoms with Crippen LogP contribution in [0.25, 0.3) is 22.7 Å². The van der Waals surface area contributed by atoms with Gasteiger partial charge < -0.3 is 13.8 Å². The molecule has 140 valence electrons. The van der Waals surface area contributed by atoms with E-state index >= 15 is 0 Å². The van der Waals surface area contributed by atoms with E-state index in [0.717, 1.165) is 36.2 Å². The van der Waals surface area contributed by atoms with E-state index in [0.29, 0.717) is 24.1 Å². The molecule has 0 saturated heterocycles. The molecule has 0 spiro atoms. The summed E-state index contributed by atoms with van der Waals surface area (Å²) in [5, 5.41) is 12.8. The van der Waals surface area contributed by atoms with Crippen LogP contribution in [-0.4, -0.2) is 21.9 Å². The van der Waals surface area contributed by atoms with Gasteiger partial charge >= 0.3 is 0 Å². The molecule has 0 fully saturated rings. The van der Waals surface area contributed by atoms with E-state index in [1.807, 2.05) is 37.3 Å². The molecule has 1 aliphatic heterocycles. The zero-order valence-electron chi connectivity index (χ0n) is 15.6. The first-order valence-electron chi connectivity index (χ1n) is 9.47. The summed E-state index contributed by atoms with van der Waals surface area (Å²) in [5.41, 5.74) is 5.05. The quantitative estimate of drug-likeness (QED) is 0.519. The molecule has 28 heavy (non-hydrogen) atoms. The lowest BCUT2D eigenvalue weighted by atomic mass is 10.0. The molecule has 0 saturated carbocycles. The van der Waals surface area contributed by atoms with Crippen LogP contribution in [0.15, 0.2) is 63.5 Å². The Morgan fingerprint density at radius 3 is 2.71 bits per heavy atom. The molecule has 5 rings (SSSR count). The van der Waals surface area contributed by atoms with Gasteiger partial charge in [-0.3, -0.25) is 0 Å². The molecule has 6 nitrogen and oxygen atoms in total. The summed E-state index contributed by atoms with van der Waals surface area (Å²) in [6, 6.07) is 18.4. The second-order valence-corrected chi connectivity index (χ2v) is 6.98. The Labute approximate surface area is 162 Å². The van der Waals surface area contributed by atoms with E-state index < -0.39 is 0 Å². The molecule has 0 bridgehead atoms. The van der Waals surface area contributed by atoms with Crippen molar-refractivity contribution in [3.05, 3.63) is 71.8 Å². The molecule has 0 amide bonds. The predicted octanol–water partition coefficient (Wildman–Crippen LogP) is 4.65. The summed E-state index contributed by atoms with van der Waals surface area (Å²) in [4.78, 5) is 2.30. The first-order chi connectivity index (χ1) is 13.8. The molecule has 0 N–H and O–H groups in total. The van der Waals surface area contributed by atoms with Gasteiger partial charge in [-0.15, -0.1) is 10.2 Å².